The number of amides is 2. The number of hydrogen-bond acceptors (Lipinski definition) is 6. The van der Waals surface area contributed by atoms with Crippen molar-refractivity contribution in [3.8, 4) is 0 Å². The van der Waals surface area contributed by atoms with Crippen LogP contribution in [0.5, 0.6) is 0 Å². The fourth-order valence-corrected chi connectivity index (χ4v) is 5.26. The van der Waals surface area contributed by atoms with Crippen molar-refractivity contribution in [1.82, 2.24) is 14.8 Å². The molecule has 2 atom stereocenters. The number of rotatable bonds is 7. The van der Waals surface area contributed by atoms with Crippen LogP contribution in [0.25, 0.3) is 10.9 Å². The summed E-state index contributed by atoms with van der Waals surface area (Å²) in [5.74, 6) is -0.247. The number of para-hydroxylation sites is 1. The average Bonchev–Trinajstić information content (AvgIpc) is 3.22. The topological polar surface area (TPSA) is 123 Å². The summed E-state index contributed by atoms with van der Waals surface area (Å²) >= 11 is 0. The van der Waals surface area contributed by atoms with Crippen molar-refractivity contribution in [3.63, 3.8) is 0 Å². The molecule has 2 aliphatic rings. The summed E-state index contributed by atoms with van der Waals surface area (Å²) in [5, 5.41) is 30.8. The number of anilines is 1. The van der Waals surface area contributed by atoms with Gasteiger partial charge in [0.1, 0.15) is 6.04 Å². The molecule has 3 heterocycles. The molecule has 178 valence electrons. The summed E-state index contributed by atoms with van der Waals surface area (Å²) < 4.78 is 0. The molecule has 0 spiro atoms. The van der Waals surface area contributed by atoms with Crippen LogP contribution < -0.4 is 5.23 Å². The van der Waals surface area contributed by atoms with Crippen molar-refractivity contribution in [2.75, 3.05) is 24.9 Å². The van der Waals surface area contributed by atoms with E-state index in [2.05, 4.69) is 4.98 Å². The molecule has 9 heteroatoms. The molecule has 3 aromatic rings. The van der Waals surface area contributed by atoms with E-state index in [-0.39, 0.29) is 35.9 Å². The number of carbonyl (C=O) groups excluding carboxylic acids is 2. The summed E-state index contributed by atoms with van der Waals surface area (Å²) in [7, 11) is 0. The van der Waals surface area contributed by atoms with E-state index in [1.54, 1.807) is 28.0 Å². The molecule has 2 unspecified atom stereocenters. The number of nitrogens with zero attached hydrogens (tertiary/aromatic N) is 3. The number of unbranched alkanes of at least 4 members (excludes halogenated alkanes) is 2. The first-order chi connectivity index (χ1) is 16.5. The van der Waals surface area contributed by atoms with Crippen molar-refractivity contribution in [1.29, 1.82) is 0 Å². The van der Waals surface area contributed by atoms with Crippen LogP contribution in [0.2, 0.25) is 0 Å². The standard InChI is InChI=1S/C25H27N4O5/c30-12-5-1-4-11-27-15-22(31)28-21(25(27)32)14-19-18-9-2-3-10-20(18)26-23(19)24(28)16-7-6-8-17(13-16)29(33)34/h2-3,6-10,13,21,24,26,30,33H,1,4-5,11-12,14-15H2/q-1. The Labute approximate surface area is 196 Å². The SMILES string of the molecule is O=C1C2Cc3c([nH]c4ccccc34)C(c3cccc(N([O-])O)c3)N2C(=O)CN1CCCCCO. The maximum atomic E-state index is 13.6. The molecule has 2 aliphatic heterocycles. The first-order valence-electron chi connectivity index (χ1n) is 11.6. The second kappa shape index (κ2) is 9.09. The molecule has 34 heavy (non-hydrogen) atoms. The Morgan fingerprint density at radius 3 is 2.71 bits per heavy atom. The molecule has 0 aliphatic carbocycles. The molecule has 1 saturated heterocycles. The Bertz CT molecular complexity index is 1220. The minimum absolute atomic E-state index is 0.00606. The molecule has 1 aromatic heterocycles. The Morgan fingerprint density at radius 2 is 1.91 bits per heavy atom. The highest BCUT2D eigenvalue weighted by Crippen LogP contribution is 2.43. The third-order valence-corrected chi connectivity index (χ3v) is 6.84. The first-order valence-corrected chi connectivity index (χ1v) is 11.6. The van der Waals surface area contributed by atoms with Gasteiger partial charge >= 0.3 is 0 Å². The van der Waals surface area contributed by atoms with Crippen LogP contribution >= 0.6 is 0 Å². The number of nitrogens with one attached hydrogen (secondary N) is 1. The number of aromatic nitrogens is 1. The zero-order chi connectivity index (χ0) is 23.8. The summed E-state index contributed by atoms with van der Waals surface area (Å²) in [6, 6.07) is 13.1. The average molecular weight is 464 g/mol. The zero-order valence-corrected chi connectivity index (χ0v) is 18.7. The van der Waals surface area contributed by atoms with Crippen LogP contribution in [0, 0.1) is 5.21 Å². The third-order valence-electron chi connectivity index (χ3n) is 6.84. The molecule has 0 bridgehead atoms. The van der Waals surface area contributed by atoms with E-state index in [0.717, 1.165) is 35.0 Å². The lowest BCUT2D eigenvalue weighted by molar-refractivity contribution is -0.158. The molecule has 3 N–H and O–H groups in total. The predicted molar refractivity (Wildman–Crippen MR) is 126 cm³/mol. The highest BCUT2D eigenvalue weighted by Gasteiger charge is 2.48. The minimum Gasteiger partial charge on any atom is -0.733 e. The molecule has 9 nitrogen and oxygen atoms in total. The van der Waals surface area contributed by atoms with E-state index in [0.29, 0.717) is 24.9 Å². The number of carbonyl (C=O) groups is 2. The van der Waals surface area contributed by atoms with Gasteiger partial charge in [-0.2, -0.15) is 0 Å². The Kier molecular flexibility index (Phi) is 5.99. The minimum atomic E-state index is -0.656. The lowest BCUT2D eigenvalue weighted by atomic mass is 9.86. The summed E-state index contributed by atoms with van der Waals surface area (Å²) in [6.45, 7) is 0.585. The fourth-order valence-electron chi connectivity index (χ4n) is 5.26. The molecule has 1 fully saturated rings. The molecule has 2 amide bonds. The van der Waals surface area contributed by atoms with Crippen LogP contribution in [-0.2, 0) is 16.0 Å². The van der Waals surface area contributed by atoms with Gasteiger partial charge in [-0.15, -0.1) is 0 Å². The van der Waals surface area contributed by atoms with Crippen molar-refractivity contribution in [3.05, 3.63) is 70.6 Å². The number of aliphatic hydroxyl groups is 1. The second-order valence-electron chi connectivity index (χ2n) is 8.90. The zero-order valence-electron chi connectivity index (χ0n) is 18.7. The van der Waals surface area contributed by atoms with E-state index >= 15 is 0 Å². The van der Waals surface area contributed by atoms with Crippen molar-refractivity contribution < 1.29 is 19.9 Å². The summed E-state index contributed by atoms with van der Waals surface area (Å²) in [4.78, 5) is 33.7. The lowest BCUT2D eigenvalue weighted by Crippen LogP contribution is -2.63. The number of benzene rings is 2. The van der Waals surface area contributed by atoms with Gasteiger partial charge < -0.3 is 30.3 Å². The number of H-pyrrole nitrogens is 1. The number of piperazine rings is 1. The maximum absolute atomic E-state index is 13.6. The number of aromatic amines is 1. The molecule has 0 radical (unpaired) electrons. The van der Waals surface area contributed by atoms with Gasteiger partial charge in [0, 0.05) is 36.2 Å². The lowest BCUT2D eigenvalue weighted by Gasteiger charge is -2.47. The number of fused-ring (bicyclic) bond motifs is 4. The van der Waals surface area contributed by atoms with Gasteiger partial charge in [0.25, 0.3) is 0 Å². The van der Waals surface area contributed by atoms with Crippen LogP contribution in [-0.4, -0.2) is 62.7 Å². The Balaban J connectivity index is 1.58. The van der Waals surface area contributed by atoms with Crippen molar-refractivity contribution in [2.24, 2.45) is 0 Å². The highest BCUT2D eigenvalue weighted by atomic mass is 16.8. The number of aliphatic hydroxyl groups excluding tert-OH is 1. The number of hydrogen-bond donors (Lipinski definition) is 3. The van der Waals surface area contributed by atoms with Crippen molar-refractivity contribution in [2.45, 2.75) is 37.8 Å². The van der Waals surface area contributed by atoms with E-state index in [1.165, 1.54) is 6.07 Å². The van der Waals surface area contributed by atoms with E-state index in [4.69, 9.17) is 5.11 Å². The fraction of sp³-hybridized carbons (Fsp3) is 0.360. The quantitative estimate of drug-likeness (QED) is 0.366. The van der Waals surface area contributed by atoms with Crippen LogP contribution in [0.4, 0.5) is 5.69 Å². The van der Waals surface area contributed by atoms with Crippen molar-refractivity contribution >= 4 is 28.4 Å². The molecule has 0 saturated carbocycles. The van der Waals surface area contributed by atoms with Gasteiger partial charge in [-0.05, 0) is 48.6 Å². The maximum Gasteiger partial charge on any atom is 0.246 e. The smallest absolute Gasteiger partial charge is 0.246 e. The van der Waals surface area contributed by atoms with Gasteiger partial charge in [0.15, 0.2) is 0 Å². The molecular formula is C25H27N4O5-. The molecule has 2 aromatic carbocycles. The van der Waals surface area contributed by atoms with E-state index < -0.39 is 12.1 Å². The molecule has 5 rings (SSSR count). The van der Waals surface area contributed by atoms with Gasteiger partial charge in [0.05, 0.1) is 18.3 Å². The predicted octanol–water partition coefficient (Wildman–Crippen LogP) is 2.71. The first kappa shape index (κ1) is 22.4. The monoisotopic (exact) mass is 463 g/mol. The van der Waals surface area contributed by atoms with Crippen LogP contribution in [0.1, 0.15) is 42.1 Å². The van der Waals surface area contributed by atoms with Gasteiger partial charge in [-0.1, -0.05) is 30.3 Å². The van der Waals surface area contributed by atoms with E-state index in [9.17, 15) is 20.0 Å². The van der Waals surface area contributed by atoms with E-state index in [1.807, 2.05) is 24.3 Å². The Hall–Kier alpha value is -3.40. The highest BCUT2D eigenvalue weighted by molar-refractivity contribution is 5.97. The van der Waals surface area contributed by atoms with Crippen LogP contribution in [0.3, 0.4) is 0 Å². The summed E-state index contributed by atoms with van der Waals surface area (Å²) in [5.41, 5.74) is 3.42. The van der Waals surface area contributed by atoms with Gasteiger partial charge in [0.2, 0.25) is 11.8 Å². The Morgan fingerprint density at radius 1 is 1.09 bits per heavy atom. The third kappa shape index (κ3) is 3.81. The summed E-state index contributed by atoms with van der Waals surface area (Å²) in [6.07, 6.45) is 2.59. The van der Waals surface area contributed by atoms with Gasteiger partial charge in [-0.25, -0.2) is 0 Å². The van der Waals surface area contributed by atoms with Gasteiger partial charge in [-0.3, -0.25) is 14.8 Å². The largest absolute Gasteiger partial charge is 0.733 e. The normalized spacial score (nSPS) is 20.0. The second-order valence-corrected chi connectivity index (χ2v) is 8.90. The van der Waals surface area contributed by atoms with Crippen LogP contribution in [0.15, 0.2) is 48.5 Å². The molecular weight excluding hydrogens is 436 g/mol.